The van der Waals surface area contributed by atoms with Crippen LogP contribution in [0.3, 0.4) is 0 Å². The molecular formula is C13H20N2O. The molecule has 1 amide bonds. The number of benzene rings is 1. The third kappa shape index (κ3) is 4.03. The van der Waals surface area contributed by atoms with Crippen molar-refractivity contribution in [2.45, 2.75) is 26.2 Å². The Kier molecular flexibility index (Phi) is 5.57. The quantitative estimate of drug-likeness (QED) is 0.721. The first-order valence-electron chi connectivity index (χ1n) is 5.80. The Balaban J connectivity index is 2.49. The minimum atomic E-state index is 0.0937. The van der Waals surface area contributed by atoms with Gasteiger partial charge < -0.3 is 10.6 Å². The number of amides is 1. The molecule has 2 N–H and O–H groups in total. The van der Waals surface area contributed by atoms with Crippen LogP contribution in [0.4, 0.5) is 5.69 Å². The van der Waals surface area contributed by atoms with E-state index in [0.29, 0.717) is 6.42 Å². The fraction of sp³-hybridized carbons (Fsp3) is 0.462. The van der Waals surface area contributed by atoms with E-state index in [1.807, 2.05) is 31.3 Å². The van der Waals surface area contributed by atoms with E-state index in [1.165, 1.54) is 5.56 Å². The van der Waals surface area contributed by atoms with Gasteiger partial charge in [-0.05, 0) is 38.1 Å². The minimum absolute atomic E-state index is 0.0937. The molecule has 0 bridgehead atoms. The molecule has 0 heterocycles. The number of carbonyl (C=O) groups excluding carboxylic acids is 1. The highest BCUT2D eigenvalue weighted by Gasteiger charge is 2.04. The summed E-state index contributed by atoms with van der Waals surface area (Å²) in [6.45, 7) is 2.97. The van der Waals surface area contributed by atoms with Gasteiger partial charge in [0.05, 0.1) is 0 Å². The van der Waals surface area contributed by atoms with Gasteiger partial charge >= 0.3 is 0 Å². The summed E-state index contributed by atoms with van der Waals surface area (Å²) in [5.74, 6) is 0.0937. The summed E-state index contributed by atoms with van der Waals surface area (Å²) in [6, 6.07) is 7.94. The first kappa shape index (κ1) is 12.7. The van der Waals surface area contributed by atoms with Crippen LogP contribution in [0.15, 0.2) is 24.3 Å². The molecule has 0 aliphatic carbocycles. The molecule has 0 saturated carbocycles. The summed E-state index contributed by atoms with van der Waals surface area (Å²) in [4.78, 5) is 11.6. The summed E-state index contributed by atoms with van der Waals surface area (Å²) in [7, 11) is 1.89. The van der Waals surface area contributed by atoms with Crippen molar-refractivity contribution in [3.63, 3.8) is 0 Å². The fourth-order valence-corrected chi connectivity index (χ4v) is 1.59. The normalized spacial score (nSPS) is 10.1. The monoisotopic (exact) mass is 220 g/mol. The number of rotatable bonds is 6. The van der Waals surface area contributed by atoms with E-state index < -0.39 is 0 Å². The molecule has 88 valence electrons. The van der Waals surface area contributed by atoms with Gasteiger partial charge in [0.1, 0.15) is 0 Å². The SMILES string of the molecule is CCc1ccccc1NC(=O)CCCNC. The standard InChI is InChI=1S/C13H20N2O/c1-3-11-7-4-5-8-12(11)15-13(16)9-6-10-14-2/h4-5,7-8,14H,3,6,9-10H2,1-2H3,(H,15,16). The lowest BCUT2D eigenvalue weighted by Gasteiger charge is -2.09. The third-order valence-electron chi connectivity index (χ3n) is 2.50. The first-order chi connectivity index (χ1) is 7.77. The van der Waals surface area contributed by atoms with Gasteiger partial charge in [0.15, 0.2) is 0 Å². The van der Waals surface area contributed by atoms with Crippen molar-refractivity contribution < 1.29 is 4.79 Å². The van der Waals surface area contributed by atoms with E-state index in [0.717, 1.165) is 25.1 Å². The molecule has 0 saturated heterocycles. The summed E-state index contributed by atoms with van der Waals surface area (Å²) in [5.41, 5.74) is 2.13. The Morgan fingerprint density at radius 1 is 1.31 bits per heavy atom. The summed E-state index contributed by atoms with van der Waals surface area (Å²) >= 11 is 0. The van der Waals surface area contributed by atoms with E-state index in [4.69, 9.17) is 0 Å². The highest BCUT2D eigenvalue weighted by molar-refractivity contribution is 5.91. The van der Waals surface area contributed by atoms with Crippen LogP contribution in [-0.2, 0) is 11.2 Å². The van der Waals surface area contributed by atoms with Crippen LogP contribution in [0.2, 0.25) is 0 Å². The van der Waals surface area contributed by atoms with Crippen molar-refractivity contribution in [2.75, 3.05) is 18.9 Å². The molecule has 3 nitrogen and oxygen atoms in total. The van der Waals surface area contributed by atoms with Crippen molar-refractivity contribution in [3.05, 3.63) is 29.8 Å². The predicted octanol–water partition coefficient (Wildman–Crippen LogP) is 2.19. The van der Waals surface area contributed by atoms with E-state index >= 15 is 0 Å². The van der Waals surface area contributed by atoms with Crippen LogP contribution < -0.4 is 10.6 Å². The molecule has 0 spiro atoms. The molecule has 1 aromatic carbocycles. The lowest BCUT2D eigenvalue weighted by Crippen LogP contribution is -2.15. The predicted molar refractivity (Wildman–Crippen MR) is 67.6 cm³/mol. The Bertz CT molecular complexity index is 336. The van der Waals surface area contributed by atoms with Crippen molar-refractivity contribution in [3.8, 4) is 0 Å². The van der Waals surface area contributed by atoms with Crippen LogP contribution in [0.1, 0.15) is 25.3 Å². The maximum Gasteiger partial charge on any atom is 0.224 e. The molecule has 3 heteroatoms. The number of hydrogen-bond donors (Lipinski definition) is 2. The smallest absolute Gasteiger partial charge is 0.224 e. The van der Waals surface area contributed by atoms with Crippen LogP contribution >= 0.6 is 0 Å². The maximum atomic E-state index is 11.6. The minimum Gasteiger partial charge on any atom is -0.326 e. The zero-order valence-electron chi connectivity index (χ0n) is 10.0. The Morgan fingerprint density at radius 2 is 2.06 bits per heavy atom. The fourth-order valence-electron chi connectivity index (χ4n) is 1.59. The van der Waals surface area contributed by atoms with Crippen LogP contribution in [0.25, 0.3) is 0 Å². The lowest BCUT2D eigenvalue weighted by atomic mass is 10.1. The average molecular weight is 220 g/mol. The Morgan fingerprint density at radius 3 is 2.75 bits per heavy atom. The number of para-hydroxylation sites is 1. The molecule has 0 radical (unpaired) electrons. The van der Waals surface area contributed by atoms with Crippen LogP contribution in [0, 0.1) is 0 Å². The number of carbonyl (C=O) groups is 1. The number of aryl methyl sites for hydroxylation is 1. The Hall–Kier alpha value is -1.35. The molecule has 1 rings (SSSR count). The van der Waals surface area contributed by atoms with Gasteiger partial charge in [-0.3, -0.25) is 4.79 Å². The lowest BCUT2D eigenvalue weighted by molar-refractivity contribution is -0.116. The molecule has 0 aliphatic rings. The first-order valence-corrected chi connectivity index (χ1v) is 5.80. The van der Waals surface area contributed by atoms with E-state index in [-0.39, 0.29) is 5.91 Å². The van der Waals surface area contributed by atoms with E-state index in [2.05, 4.69) is 17.6 Å². The molecular weight excluding hydrogens is 200 g/mol. The van der Waals surface area contributed by atoms with Crippen molar-refractivity contribution in [1.29, 1.82) is 0 Å². The molecule has 0 aromatic heterocycles. The molecule has 0 atom stereocenters. The van der Waals surface area contributed by atoms with Crippen LogP contribution in [0.5, 0.6) is 0 Å². The van der Waals surface area contributed by atoms with Crippen molar-refractivity contribution >= 4 is 11.6 Å². The second-order valence-corrected chi connectivity index (χ2v) is 3.77. The zero-order valence-corrected chi connectivity index (χ0v) is 10.0. The van der Waals surface area contributed by atoms with E-state index in [9.17, 15) is 4.79 Å². The third-order valence-corrected chi connectivity index (χ3v) is 2.50. The molecule has 0 fully saturated rings. The summed E-state index contributed by atoms with van der Waals surface area (Å²) < 4.78 is 0. The van der Waals surface area contributed by atoms with Gasteiger partial charge in [0.25, 0.3) is 0 Å². The van der Waals surface area contributed by atoms with Gasteiger partial charge in [0, 0.05) is 12.1 Å². The average Bonchev–Trinajstić information content (AvgIpc) is 2.30. The molecule has 16 heavy (non-hydrogen) atoms. The van der Waals surface area contributed by atoms with Gasteiger partial charge in [-0.15, -0.1) is 0 Å². The zero-order chi connectivity index (χ0) is 11.8. The van der Waals surface area contributed by atoms with E-state index in [1.54, 1.807) is 0 Å². The van der Waals surface area contributed by atoms with Gasteiger partial charge in [0.2, 0.25) is 5.91 Å². The molecule has 1 aromatic rings. The highest BCUT2D eigenvalue weighted by atomic mass is 16.1. The van der Waals surface area contributed by atoms with Crippen molar-refractivity contribution in [1.82, 2.24) is 5.32 Å². The topological polar surface area (TPSA) is 41.1 Å². The van der Waals surface area contributed by atoms with Gasteiger partial charge in [-0.1, -0.05) is 25.1 Å². The highest BCUT2D eigenvalue weighted by Crippen LogP contribution is 2.15. The van der Waals surface area contributed by atoms with Gasteiger partial charge in [-0.25, -0.2) is 0 Å². The summed E-state index contributed by atoms with van der Waals surface area (Å²) in [6.07, 6.45) is 2.38. The largest absolute Gasteiger partial charge is 0.326 e. The molecule has 0 unspecified atom stereocenters. The maximum absolute atomic E-state index is 11.6. The van der Waals surface area contributed by atoms with Crippen LogP contribution in [-0.4, -0.2) is 19.5 Å². The van der Waals surface area contributed by atoms with Crippen molar-refractivity contribution in [2.24, 2.45) is 0 Å². The summed E-state index contributed by atoms with van der Waals surface area (Å²) in [5, 5.41) is 5.98. The number of nitrogens with one attached hydrogen (secondary N) is 2. The second-order valence-electron chi connectivity index (χ2n) is 3.77. The number of anilines is 1. The Labute approximate surface area is 97.2 Å². The number of hydrogen-bond acceptors (Lipinski definition) is 2. The molecule has 0 aliphatic heterocycles. The van der Waals surface area contributed by atoms with Gasteiger partial charge in [-0.2, -0.15) is 0 Å². The second kappa shape index (κ2) is 7.01.